The third-order valence-corrected chi connectivity index (χ3v) is 6.69. The van der Waals surface area contributed by atoms with Gasteiger partial charge in [0.2, 0.25) is 0 Å². The number of likely N-dealkylation sites (tertiary alicyclic amines) is 1. The minimum absolute atomic E-state index is 0.104. The molecule has 1 fully saturated rings. The van der Waals surface area contributed by atoms with Crippen molar-refractivity contribution in [2.75, 3.05) is 20.2 Å². The number of nitrogens with zero attached hydrogens (tertiary/aromatic N) is 2. The van der Waals surface area contributed by atoms with E-state index in [0.29, 0.717) is 17.4 Å². The molecule has 1 unspecified atom stereocenters. The summed E-state index contributed by atoms with van der Waals surface area (Å²) in [4.78, 5) is 14.3. The standard InChI is InChI=1S/C26H25N3O2/c1-31-23-7-5-21(6-8-23)24-9-10-25(30)29-16-20-12-22(26(24)29)17-28(15-20)14-19-4-2-3-18(11-19)13-27/h2-11,20,22H,12,14-17H2,1H3/p+1/t20-,22+/m0/s1. The number of quaternary nitrogens is 1. The summed E-state index contributed by atoms with van der Waals surface area (Å²) < 4.78 is 7.33. The molecule has 2 aliphatic heterocycles. The number of pyridine rings is 1. The molecule has 31 heavy (non-hydrogen) atoms. The summed E-state index contributed by atoms with van der Waals surface area (Å²) in [5, 5.41) is 9.21. The summed E-state index contributed by atoms with van der Waals surface area (Å²) >= 11 is 0. The minimum Gasteiger partial charge on any atom is -0.497 e. The predicted octanol–water partition coefficient (Wildman–Crippen LogP) is 2.60. The average molecular weight is 413 g/mol. The number of aromatic nitrogens is 1. The fourth-order valence-electron chi connectivity index (χ4n) is 5.44. The molecule has 1 aromatic heterocycles. The van der Waals surface area contributed by atoms with Crippen LogP contribution in [0.5, 0.6) is 5.75 Å². The molecule has 3 aromatic rings. The third-order valence-electron chi connectivity index (χ3n) is 6.69. The Morgan fingerprint density at radius 1 is 1.13 bits per heavy atom. The Balaban J connectivity index is 1.48. The topological polar surface area (TPSA) is 59.5 Å². The Bertz CT molecular complexity index is 1210. The number of rotatable bonds is 4. The molecule has 156 valence electrons. The molecule has 0 saturated carbocycles. The summed E-state index contributed by atoms with van der Waals surface area (Å²) in [5.41, 5.74) is 5.47. The second kappa shape index (κ2) is 8.05. The molecular formula is C26H26N3O2+. The normalized spacial score (nSPS) is 21.7. The van der Waals surface area contributed by atoms with Crippen LogP contribution in [0, 0.1) is 17.2 Å². The van der Waals surface area contributed by atoms with E-state index < -0.39 is 0 Å². The molecule has 5 nitrogen and oxygen atoms in total. The van der Waals surface area contributed by atoms with Crippen LogP contribution in [0.3, 0.4) is 0 Å². The summed E-state index contributed by atoms with van der Waals surface area (Å²) in [7, 11) is 1.67. The number of fused-ring (bicyclic) bond motifs is 4. The van der Waals surface area contributed by atoms with Crippen LogP contribution in [0.25, 0.3) is 11.1 Å². The number of ether oxygens (including phenoxy) is 1. The summed E-state index contributed by atoms with van der Waals surface area (Å²) in [6.45, 7) is 3.76. The van der Waals surface area contributed by atoms with Crippen molar-refractivity contribution in [1.29, 1.82) is 5.26 Å². The summed E-state index contributed by atoms with van der Waals surface area (Å²) in [6, 6.07) is 22.0. The van der Waals surface area contributed by atoms with Gasteiger partial charge < -0.3 is 14.2 Å². The lowest BCUT2D eigenvalue weighted by atomic mass is 9.80. The number of hydrogen-bond donors (Lipinski definition) is 1. The van der Waals surface area contributed by atoms with Crippen molar-refractivity contribution >= 4 is 0 Å². The van der Waals surface area contributed by atoms with Gasteiger partial charge in [0.1, 0.15) is 12.3 Å². The zero-order valence-electron chi connectivity index (χ0n) is 17.7. The maximum Gasteiger partial charge on any atom is 0.250 e. The molecule has 5 rings (SSSR count). The number of benzene rings is 2. The van der Waals surface area contributed by atoms with E-state index in [1.54, 1.807) is 13.2 Å². The van der Waals surface area contributed by atoms with Crippen LogP contribution in [0.1, 0.15) is 29.2 Å². The molecule has 2 bridgehead atoms. The van der Waals surface area contributed by atoms with Crippen molar-refractivity contribution in [3.63, 3.8) is 0 Å². The predicted molar refractivity (Wildman–Crippen MR) is 119 cm³/mol. The lowest BCUT2D eigenvalue weighted by Crippen LogP contribution is -3.13. The Labute approximate surface area is 182 Å². The van der Waals surface area contributed by atoms with Gasteiger partial charge in [-0.15, -0.1) is 0 Å². The lowest BCUT2D eigenvalue weighted by Gasteiger charge is -2.41. The first-order chi connectivity index (χ1) is 15.1. The molecule has 0 spiro atoms. The second-order valence-electron chi connectivity index (χ2n) is 8.76. The highest BCUT2D eigenvalue weighted by atomic mass is 16.5. The van der Waals surface area contributed by atoms with Crippen LogP contribution >= 0.6 is 0 Å². The van der Waals surface area contributed by atoms with Crippen molar-refractivity contribution in [3.8, 4) is 22.9 Å². The van der Waals surface area contributed by atoms with Gasteiger partial charge in [-0.25, -0.2) is 0 Å². The van der Waals surface area contributed by atoms with Gasteiger partial charge in [-0.05, 0) is 42.3 Å². The SMILES string of the molecule is COc1ccc(-c2ccc(=O)n3c2[C@@H]2C[C@H](C3)C[NH+](Cc3cccc(C#N)c3)C2)cc1. The van der Waals surface area contributed by atoms with Gasteiger partial charge in [-0.1, -0.05) is 24.3 Å². The van der Waals surface area contributed by atoms with Crippen molar-refractivity contribution in [2.24, 2.45) is 5.92 Å². The highest BCUT2D eigenvalue weighted by molar-refractivity contribution is 5.67. The Morgan fingerprint density at radius 2 is 1.97 bits per heavy atom. The van der Waals surface area contributed by atoms with E-state index in [1.165, 1.54) is 16.2 Å². The highest BCUT2D eigenvalue weighted by Crippen LogP contribution is 2.37. The van der Waals surface area contributed by atoms with Gasteiger partial charge in [-0.2, -0.15) is 5.26 Å². The quantitative estimate of drug-likeness (QED) is 0.717. The van der Waals surface area contributed by atoms with Crippen molar-refractivity contribution < 1.29 is 9.64 Å². The first kappa shape index (κ1) is 19.6. The van der Waals surface area contributed by atoms with Crippen molar-refractivity contribution in [1.82, 2.24) is 4.57 Å². The van der Waals surface area contributed by atoms with Crippen LogP contribution in [0.2, 0.25) is 0 Å². The first-order valence-corrected chi connectivity index (χ1v) is 10.9. The van der Waals surface area contributed by atoms with E-state index in [2.05, 4.69) is 24.3 Å². The van der Waals surface area contributed by atoms with Gasteiger partial charge in [0.15, 0.2) is 0 Å². The van der Waals surface area contributed by atoms with E-state index in [-0.39, 0.29) is 5.56 Å². The lowest BCUT2D eigenvalue weighted by molar-refractivity contribution is -0.924. The van der Waals surface area contributed by atoms with E-state index in [0.717, 1.165) is 49.5 Å². The van der Waals surface area contributed by atoms with Gasteiger partial charge in [0.05, 0.1) is 31.8 Å². The molecular weight excluding hydrogens is 386 g/mol. The van der Waals surface area contributed by atoms with E-state index in [4.69, 9.17) is 4.74 Å². The minimum atomic E-state index is 0.104. The Kier molecular flexibility index (Phi) is 5.09. The fraction of sp³-hybridized carbons (Fsp3) is 0.308. The molecule has 0 amide bonds. The van der Waals surface area contributed by atoms with Crippen LogP contribution in [0.15, 0.2) is 65.5 Å². The monoisotopic (exact) mass is 412 g/mol. The average Bonchev–Trinajstić information content (AvgIpc) is 2.80. The zero-order valence-corrected chi connectivity index (χ0v) is 17.7. The van der Waals surface area contributed by atoms with Gasteiger partial charge in [0.25, 0.3) is 5.56 Å². The molecule has 0 aliphatic carbocycles. The fourth-order valence-corrected chi connectivity index (χ4v) is 5.44. The maximum absolute atomic E-state index is 12.7. The highest BCUT2D eigenvalue weighted by Gasteiger charge is 2.38. The van der Waals surface area contributed by atoms with Gasteiger partial charge in [0, 0.05) is 41.3 Å². The summed E-state index contributed by atoms with van der Waals surface area (Å²) in [5.74, 6) is 1.69. The van der Waals surface area contributed by atoms with Crippen LogP contribution < -0.4 is 15.2 Å². The number of nitriles is 1. The zero-order chi connectivity index (χ0) is 21.4. The van der Waals surface area contributed by atoms with Crippen LogP contribution in [-0.2, 0) is 13.1 Å². The smallest absolute Gasteiger partial charge is 0.250 e. The Hall–Kier alpha value is -3.36. The number of piperidine rings is 1. The van der Waals surface area contributed by atoms with E-state index in [9.17, 15) is 10.1 Å². The third kappa shape index (κ3) is 3.75. The largest absolute Gasteiger partial charge is 0.497 e. The van der Waals surface area contributed by atoms with Crippen molar-refractivity contribution in [3.05, 3.63) is 87.8 Å². The first-order valence-electron chi connectivity index (χ1n) is 10.9. The van der Waals surface area contributed by atoms with Gasteiger partial charge in [-0.3, -0.25) is 4.79 Å². The molecule has 2 aromatic carbocycles. The van der Waals surface area contributed by atoms with Crippen molar-refractivity contribution in [2.45, 2.75) is 25.4 Å². The van der Waals surface area contributed by atoms with E-state index >= 15 is 0 Å². The summed E-state index contributed by atoms with van der Waals surface area (Å²) in [6.07, 6.45) is 1.13. The molecule has 0 radical (unpaired) electrons. The van der Waals surface area contributed by atoms with Crippen LogP contribution in [0.4, 0.5) is 0 Å². The number of hydrogen-bond acceptors (Lipinski definition) is 3. The Morgan fingerprint density at radius 3 is 2.74 bits per heavy atom. The molecule has 3 heterocycles. The maximum atomic E-state index is 12.7. The van der Waals surface area contributed by atoms with Crippen LogP contribution in [-0.4, -0.2) is 24.8 Å². The molecule has 1 N–H and O–H groups in total. The molecule has 5 heteroatoms. The molecule has 1 saturated heterocycles. The molecule has 3 atom stereocenters. The second-order valence-corrected chi connectivity index (χ2v) is 8.76. The number of nitrogens with one attached hydrogen (secondary N) is 1. The number of methoxy groups -OCH3 is 1. The molecule has 2 aliphatic rings. The van der Waals surface area contributed by atoms with E-state index in [1.807, 2.05) is 41.0 Å². The van der Waals surface area contributed by atoms with Gasteiger partial charge >= 0.3 is 0 Å².